The second-order valence-electron chi connectivity index (χ2n) is 8.66. The largest absolute Gasteiger partial charge is 0.352 e. The van der Waals surface area contributed by atoms with Crippen LogP contribution in [-0.4, -0.2) is 28.8 Å². The van der Waals surface area contributed by atoms with E-state index in [0.717, 1.165) is 23.1 Å². The number of nitrogens with zero attached hydrogens (tertiary/aromatic N) is 1. The van der Waals surface area contributed by atoms with E-state index in [-0.39, 0.29) is 17.9 Å². The lowest BCUT2D eigenvalue weighted by Crippen LogP contribution is -2.52. The number of hydrogen-bond acceptors (Lipinski definition) is 2. The van der Waals surface area contributed by atoms with E-state index in [1.54, 1.807) is 4.90 Å². The number of hydrogen-bond donors (Lipinski definition) is 1. The summed E-state index contributed by atoms with van der Waals surface area (Å²) < 4.78 is 0. The highest BCUT2D eigenvalue weighted by atomic mass is 35.5. The van der Waals surface area contributed by atoms with E-state index in [1.165, 1.54) is 0 Å². The minimum Gasteiger partial charge on any atom is -0.352 e. The zero-order chi connectivity index (χ0) is 24.3. The Morgan fingerprint density at radius 2 is 1.50 bits per heavy atom. The predicted molar refractivity (Wildman–Crippen MR) is 139 cm³/mol. The van der Waals surface area contributed by atoms with Crippen LogP contribution in [0.5, 0.6) is 0 Å². The van der Waals surface area contributed by atoms with Crippen LogP contribution in [0.25, 0.3) is 0 Å². The van der Waals surface area contributed by atoms with Crippen molar-refractivity contribution in [3.63, 3.8) is 0 Å². The van der Waals surface area contributed by atoms with Gasteiger partial charge in [0.05, 0.1) is 0 Å². The van der Waals surface area contributed by atoms with Crippen LogP contribution in [0.2, 0.25) is 5.02 Å². The van der Waals surface area contributed by atoms with Crippen molar-refractivity contribution in [1.82, 2.24) is 10.2 Å². The molecule has 5 heteroatoms. The van der Waals surface area contributed by atoms with Crippen LogP contribution in [0.15, 0.2) is 84.9 Å². The first-order valence-corrected chi connectivity index (χ1v) is 12.3. The fourth-order valence-corrected chi connectivity index (χ4v) is 4.08. The average Bonchev–Trinajstić information content (AvgIpc) is 2.85. The summed E-state index contributed by atoms with van der Waals surface area (Å²) >= 11 is 6.23. The van der Waals surface area contributed by atoms with Crippen LogP contribution < -0.4 is 5.32 Å². The van der Waals surface area contributed by atoms with Gasteiger partial charge in [-0.3, -0.25) is 9.59 Å². The second kappa shape index (κ2) is 13.0. The van der Waals surface area contributed by atoms with Gasteiger partial charge in [-0.05, 0) is 48.6 Å². The number of aryl methyl sites for hydroxylation is 1. The quantitative estimate of drug-likeness (QED) is 0.378. The van der Waals surface area contributed by atoms with Gasteiger partial charge in [-0.25, -0.2) is 0 Å². The Bertz CT molecular complexity index is 1060. The molecule has 0 heterocycles. The lowest BCUT2D eigenvalue weighted by molar-refractivity contribution is -0.141. The van der Waals surface area contributed by atoms with Crippen molar-refractivity contribution in [2.45, 2.75) is 58.2 Å². The molecule has 34 heavy (non-hydrogen) atoms. The van der Waals surface area contributed by atoms with E-state index in [1.807, 2.05) is 98.8 Å². The molecular weight excluding hydrogens is 444 g/mol. The lowest BCUT2D eigenvalue weighted by atomic mass is 10.0. The molecule has 3 aromatic rings. The molecular formula is C29H33ClN2O2. The zero-order valence-electron chi connectivity index (χ0n) is 19.9. The number of rotatable bonds is 11. The van der Waals surface area contributed by atoms with Gasteiger partial charge in [-0.1, -0.05) is 91.3 Å². The number of carbonyl (C=O) groups is 2. The fourth-order valence-electron chi connectivity index (χ4n) is 3.87. The molecule has 4 nitrogen and oxygen atoms in total. The summed E-state index contributed by atoms with van der Waals surface area (Å²) in [5.74, 6) is -0.183. The molecule has 0 radical (unpaired) electrons. The van der Waals surface area contributed by atoms with Gasteiger partial charge in [-0.15, -0.1) is 0 Å². The minimum absolute atomic E-state index is 0.0261. The molecule has 2 amide bonds. The Hall–Kier alpha value is -3.11. The summed E-state index contributed by atoms with van der Waals surface area (Å²) in [5, 5.41) is 3.71. The Labute approximate surface area is 207 Å². The first-order valence-electron chi connectivity index (χ1n) is 11.9. The molecule has 0 aliphatic rings. The van der Waals surface area contributed by atoms with E-state index in [2.05, 4.69) is 5.32 Å². The Morgan fingerprint density at radius 1 is 0.882 bits per heavy atom. The van der Waals surface area contributed by atoms with Gasteiger partial charge in [0.1, 0.15) is 6.04 Å². The normalized spacial score (nSPS) is 12.6. The molecule has 0 bridgehead atoms. The predicted octanol–water partition coefficient (Wildman–Crippen LogP) is 5.83. The molecule has 0 aromatic heterocycles. The monoisotopic (exact) mass is 476 g/mol. The van der Waals surface area contributed by atoms with E-state index in [0.29, 0.717) is 30.8 Å². The van der Waals surface area contributed by atoms with Crippen LogP contribution >= 0.6 is 11.6 Å². The fraction of sp³-hybridized carbons (Fsp3) is 0.310. The van der Waals surface area contributed by atoms with E-state index in [9.17, 15) is 9.59 Å². The van der Waals surface area contributed by atoms with Gasteiger partial charge >= 0.3 is 0 Å². The standard InChI is InChI=1S/C29H33ClN2O2/c1-3-22(2)31-29(34)27(20-24-13-8-5-9-14-24)32(21-25-15-10-16-26(30)19-25)28(33)18-17-23-11-6-4-7-12-23/h4-16,19,22,27H,3,17-18,20-21H2,1-2H3,(H,31,34)/t22-,27+/m0/s1. The maximum atomic E-state index is 13.6. The third-order valence-corrected chi connectivity index (χ3v) is 6.22. The van der Waals surface area contributed by atoms with Crippen molar-refractivity contribution in [2.24, 2.45) is 0 Å². The number of halogens is 1. The lowest BCUT2D eigenvalue weighted by Gasteiger charge is -2.32. The van der Waals surface area contributed by atoms with Gasteiger partial charge in [0, 0.05) is 30.5 Å². The molecule has 178 valence electrons. The van der Waals surface area contributed by atoms with Crippen LogP contribution in [0.4, 0.5) is 0 Å². The Balaban J connectivity index is 1.91. The van der Waals surface area contributed by atoms with Gasteiger partial charge in [0.2, 0.25) is 11.8 Å². The molecule has 1 N–H and O–H groups in total. The van der Waals surface area contributed by atoms with Gasteiger partial charge in [0.15, 0.2) is 0 Å². The third-order valence-electron chi connectivity index (χ3n) is 5.98. The number of nitrogens with one attached hydrogen (secondary N) is 1. The summed E-state index contributed by atoms with van der Waals surface area (Å²) in [6.45, 7) is 4.33. The second-order valence-corrected chi connectivity index (χ2v) is 9.10. The van der Waals surface area contributed by atoms with Crippen molar-refractivity contribution in [3.05, 3.63) is 107 Å². The summed E-state index contributed by atoms with van der Waals surface area (Å²) in [7, 11) is 0. The number of benzene rings is 3. The minimum atomic E-state index is -0.626. The first kappa shape index (κ1) is 25.5. The molecule has 3 rings (SSSR count). The topological polar surface area (TPSA) is 49.4 Å². The summed E-state index contributed by atoms with van der Waals surface area (Å²) in [6.07, 6.45) is 2.21. The highest BCUT2D eigenvalue weighted by Gasteiger charge is 2.30. The Morgan fingerprint density at radius 3 is 2.12 bits per heavy atom. The van der Waals surface area contributed by atoms with Crippen LogP contribution in [-0.2, 0) is 29.0 Å². The molecule has 3 aromatic carbocycles. The van der Waals surface area contributed by atoms with E-state index in [4.69, 9.17) is 11.6 Å². The Kier molecular flexibility index (Phi) is 9.72. The van der Waals surface area contributed by atoms with Crippen molar-refractivity contribution < 1.29 is 9.59 Å². The summed E-state index contributed by atoms with van der Waals surface area (Å²) in [5.41, 5.74) is 3.01. The first-order chi connectivity index (χ1) is 16.5. The van der Waals surface area contributed by atoms with Crippen LogP contribution in [0.1, 0.15) is 43.4 Å². The molecule has 0 saturated heterocycles. The van der Waals surface area contributed by atoms with Gasteiger partial charge in [-0.2, -0.15) is 0 Å². The van der Waals surface area contributed by atoms with Crippen LogP contribution in [0.3, 0.4) is 0 Å². The van der Waals surface area contributed by atoms with Crippen LogP contribution in [0, 0.1) is 0 Å². The summed E-state index contributed by atoms with van der Waals surface area (Å²) in [4.78, 5) is 28.8. The molecule has 2 atom stereocenters. The molecule has 0 fully saturated rings. The number of carbonyl (C=O) groups excluding carboxylic acids is 2. The molecule has 0 aliphatic carbocycles. The van der Waals surface area contributed by atoms with Gasteiger partial charge < -0.3 is 10.2 Å². The maximum absolute atomic E-state index is 13.6. The van der Waals surface area contributed by atoms with Gasteiger partial charge in [0.25, 0.3) is 0 Å². The highest BCUT2D eigenvalue weighted by molar-refractivity contribution is 6.30. The van der Waals surface area contributed by atoms with Crippen molar-refractivity contribution in [1.29, 1.82) is 0 Å². The SMILES string of the molecule is CC[C@H](C)NC(=O)[C@@H](Cc1ccccc1)N(Cc1cccc(Cl)c1)C(=O)CCc1ccccc1. The zero-order valence-corrected chi connectivity index (χ0v) is 20.7. The molecule has 0 aliphatic heterocycles. The van der Waals surface area contributed by atoms with Crippen molar-refractivity contribution >= 4 is 23.4 Å². The maximum Gasteiger partial charge on any atom is 0.243 e. The molecule has 0 spiro atoms. The smallest absolute Gasteiger partial charge is 0.243 e. The molecule has 0 saturated carbocycles. The van der Waals surface area contributed by atoms with E-state index < -0.39 is 6.04 Å². The summed E-state index contributed by atoms with van der Waals surface area (Å²) in [6, 6.07) is 26.7. The molecule has 0 unspecified atom stereocenters. The number of amides is 2. The van der Waals surface area contributed by atoms with E-state index >= 15 is 0 Å². The van der Waals surface area contributed by atoms with Crippen molar-refractivity contribution in [2.75, 3.05) is 0 Å². The van der Waals surface area contributed by atoms with Crippen molar-refractivity contribution in [3.8, 4) is 0 Å². The average molecular weight is 477 g/mol. The highest BCUT2D eigenvalue weighted by Crippen LogP contribution is 2.19. The third kappa shape index (κ3) is 7.74.